The number of aliphatic hydroxyl groups excluding tert-OH is 1. The van der Waals surface area contributed by atoms with Crippen molar-refractivity contribution in [3.63, 3.8) is 0 Å². The van der Waals surface area contributed by atoms with E-state index in [9.17, 15) is 20.0 Å². The molecule has 1 atom stereocenters. The molecule has 6 nitrogen and oxygen atoms in total. The van der Waals surface area contributed by atoms with Crippen molar-refractivity contribution in [3.05, 3.63) is 100 Å². The van der Waals surface area contributed by atoms with Crippen molar-refractivity contribution in [2.45, 2.75) is 39.2 Å². The number of aryl methyl sites for hydroxylation is 1. The van der Waals surface area contributed by atoms with Crippen LogP contribution in [-0.2, 0) is 15.0 Å². The first kappa shape index (κ1) is 24.7. The molecular weight excluding hydrogens is 452 g/mol. The maximum absolute atomic E-state index is 13.4. The summed E-state index contributed by atoms with van der Waals surface area (Å²) >= 11 is 0. The lowest BCUT2D eigenvalue weighted by atomic mass is 9.84. The number of carbonyl (C=O) groups is 2. The largest absolute Gasteiger partial charge is 0.507 e. The second kappa shape index (κ2) is 9.35. The van der Waals surface area contributed by atoms with Crippen LogP contribution in [0.25, 0.3) is 5.76 Å². The van der Waals surface area contributed by atoms with Crippen molar-refractivity contribution in [1.29, 1.82) is 5.26 Å². The second-order valence-corrected chi connectivity index (χ2v) is 9.88. The summed E-state index contributed by atoms with van der Waals surface area (Å²) < 4.78 is 5.28. The topological polar surface area (TPSA) is 90.6 Å². The van der Waals surface area contributed by atoms with Crippen molar-refractivity contribution in [2.24, 2.45) is 0 Å². The third-order valence-corrected chi connectivity index (χ3v) is 6.51. The van der Waals surface area contributed by atoms with Crippen LogP contribution in [0.5, 0.6) is 5.75 Å². The standard InChI is InChI=1S/C30H28N2O4/c1-18-6-11-21(30(2,3)4)16-24(18)27(33)25-26(20-9-14-23(36-5)15-10-20)32(29(35)28(25)34)22-12-7-19(17-31)8-13-22/h6-16,26,33H,1-5H3/b27-25+. The molecule has 1 saturated heterocycles. The Kier molecular flexibility index (Phi) is 6.43. The van der Waals surface area contributed by atoms with Gasteiger partial charge in [0, 0.05) is 11.3 Å². The van der Waals surface area contributed by atoms with Gasteiger partial charge in [0.15, 0.2) is 0 Å². The van der Waals surface area contributed by atoms with Crippen LogP contribution in [0, 0.1) is 18.3 Å². The molecule has 1 aliphatic rings. The summed E-state index contributed by atoms with van der Waals surface area (Å²) in [6.45, 7) is 8.08. The van der Waals surface area contributed by atoms with Crippen molar-refractivity contribution in [1.82, 2.24) is 0 Å². The van der Waals surface area contributed by atoms with Gasteiger partial charge in [-0.25, -0.2) is 0 Å². The lowest BCUT2D eigenvalue weighted by molar-refractivity contribution is -0.132. The smallest absolute Gasteiger partial charge is 0.300 e. The molecule has 3 aromatic carbocycles. The fourth-order valence-electron chi connectivity index (χ4n) is 4.39. The van der Waals surface area contributed by atoms with Crippen LogP contribution in [0.4, 0.5) is 5.69 Å². The molecular formula is C30H28N2O4. The van der Waals surface area contributed by atoms with Gasteiger partial charge < -0.3 is 9.84 Å². The maximum atomic E-state index is 13.4. The summed E-state index contributed by atoms with van der Waals surface area (Å²) in [5.74, 6) is -1.10. The predicted molar refractivity (Wildman–Crippen MR) is 139 cm³/mol. The molecule has 0 aliphatic carbocycles. The zero-order valence-electron chi connectivity index (χ0n) is 21.0. The normalized spacial score (nSPS) is 17.2. The van der Waals surface area contributed by atoms with E-state index in [0.717, 1.165) is 11.1 Å². The van der Waals surface area contributed by atoms with Crippen molar-refractivity contribution >= 4 is 23.1 Å². The lowest BCUT2D eigenvalue weighted by Crippen LogP contribution is -2.29. The third-order valence-electron chi connectivity index (χ3n) is 6.51. The number of carbonyl (C=O) groups excluding carboxylic acids is 2. The average molecular weight is 481 g/mol. The SMILES string of the molecule is COc1ccc(C2/C(=C(\O)c3cc(C(C)(C)C)ccc3C)C(=O)C(=O)N2c2ccc(C#N)cc2)cc1. The van der Waals surface area contributed by atoms with Gasteiger partial charge in [-0.2, -0.15) is 5.26 Å². The molecule has 0 aromatic heterocycles. The van der Waals surface area contributed by atoms with Gasteiger partial charge in [0.25, 0.3) is 11.7 Å². The van der Waals surface area contributed by atoms with E-state index in [-0.39, 0.29) is 16.7 Å². The first-order valence-electron chi connectivity index (χ1n) is 11.6. The van der Waals surface area contributed by atoms with E-state index in [1.807, 2.05) is 25.1 Å². The van der Waals surface area contributed by atoms with E-state index < -0.39 is 17.7 Å². The van der Waals surface area contributed by atoms with E-state index in [1.165, 1.54) is 4.90 Å². The predicted octanol–water partition coefficient (Wildman–Crippen LogP) is 5.80. The van der Waals surface area contributed by atoms with Gasteiger partial charge in [-0.3, -0.25) is 14.5 Å². The number of benzene rings is 3. The van der Waals surface area contributed by atoms with E-state index in [1.54, 1.807) is 55.6 Å². The molecule has 1 heterocycles. The molecule has 1 N–H and O–H groups in total. The molecule has 0 bridgehead atoms. The highest BCUT2D eigenvalue weighted by Gasteiger charge is 2.47. The Morgan fingerprint density at radius 1 is 1.00 bits per heavy atom. The number of methoxy groups -OCH3 is 1. The fraction of sp³-hybridized carbons (Fsp3) is 0.233. The first-order valence-corrected chi connectivity index (χ1v) is 11.6. The van der Waals surface area contributed by atoms with Crippen molar-refractivity contribution < 1.29 is 19.4 Å². The highest BCUT2D eigenvalue weighted by Crippen LogP contribution is 2.43. The molecule has 3 aromatic rings. The summed E-state index contributed by atoms with van der Waals surface area (Å²) in [6.07, 6.45) is 0. The number of nitriles is 1. The first-order chi connectivity index (χ1) is 17.1. The second-order valence-electron chi connectivity index (χ2n) is 9.88. The van der Waals surface area contributed by atoms with Gasteiger partial charge in [0.2, 0.25) is 0 Å². The van der Waals surface area contributed by atoms with Crippen LogP contribution in [0.3, 0.4) is 0 Å². The van der Waals surface area contributed by atoms with Gasteiger partial charge >= 0.3 is 0 Å². The fourth-order valence-corrected chi connectivity index (χ4v) is 4.39. The number of hydrogen-bond donors (Lipinski definition) is 1. The number of Topliss-reactive ketones (excluding diaryl/α,β-unsaturated/α-hetero) is 1. The van der Waals surface area contributed by atoms with Gasteiger partial charge in [-0.1, -0.05) is 45.0 Å². The number of amides is 1. The minimum absolute atomic E-state index is 0.0173. The number of ether oxygens (including phenoxy) is 1. The number of rotatable bonds is 4. The Morgan fingerprint density at radius 2 is 1.64 bits per heavy atom. The summed E-state index contributed by atoms with van der Waals surface area (Å²) in [5, 5.41) is 20.7. The molecule has 182 valence electrons. The molecule has 1 fully saturated rings. The highest BCUT2D eigenvalue weighted by atomic mass is 16.5. The zero-order chi connectivity index (χ0) is 26.2. The molecule has 0 saturated carbocycles. The minimum atomic E-state index is -0.860. The number of hydrogen-bond acceptors (Lipinski definition) is 5. The van der Waals surface area contributed by atoms with Crippen LogP contribution in [0.15, 0.2) is 72.3 Å². The van der Waals surface area contributed by atoms with Gasteiger partial charge in [0.1, 0.15) is 11.5 Å². The highest BCUT2D eigenvalue weighted by molar-refractivity contribution is 6.51. The van der Waals surface area contributed by atoms with E-state index in [0.29, 0.717) is 28.1 Å². The van der Waals surface area contributed by atoms with Gasteiger partial charge in [-0.15, -0.1) is 0 Å². The summed E-state index contributed by atoms with van der Waals surface area (Å²) in [4.78, 5) is 28.2. The van der Waals surface area contributed by atoms with Crippen molar-refractivity contribution in [3.8, 4) is 11.8 Å². The molecule has 1 aliphatic heterocycles. The molecule has 6 heteroatoms. The molecule has 4 rings (SSSR count). The zero-order valence-corrected chi connectivity index (χ0v) is 21.0. The molecule has 1 unspecified atom stereocenters. The van der Waals surface area contributed by atoms with Crippen LogP contribution < -0.4 is 9.64 Å². The van der Waals surface area contributed by atoms with E-state index in [2.05, 4.69) is 26.8 Å². The van der Waals surface area contributed by atoms with Crippen LogP contribution in [0.2, 0.25) is 0 Å². The molecule has 0 spiro atoms. The summed E-state index contributed by atoms with van der Waals surface area (Å²) in [6, 6.07) is 20.5. The Labute approximate surface area is 211 Å². The maximum Gasteiger partial charge on any atom is 0.300 e. The van der Waals surface area contributed by atoms with Crippen LogP contribution in [0.1, 0.15) is 54.6 Å². The quantitative estimate of drug-likeness (QED) is 0.290. The van der Waals surface area contributed by atoms with Crippen LogP contribution in [-0.4, -0.2) is 23.9 Å². The van der Waals surface area contributed by atoms with Gasteiger partial charge in [-0.05, 0) is 71.5 Å². The van der Waals surface area contributed by atoms with Crippen LogP contribution >= 0.6 is 0 Å². The molecule has 1 amide bonds. The molecule has 36 heavy (non-hydrogen) atoms. The van der Waals surface area contributed by atoms with Crippen molar-refractivity contribution in [2.75, 3.05) is 12.0 Å². The Balaban J connectivity index is 1.96. The third kappa shape index (κ3) is 4.36. The number of ketones is 1. The van der Waals surface area contributed by atoms with E-state index >= 15 is 0 Å². The summed E-state index contributed by atoms with van der Waals surface area (Å²) in [5.41, 5.74) is 3.68. The Morgan fingerprint density at radius 3 is 2.19 bits per heavy atom. The molecule has 0 radical (unpaired) electrons. The van der Waals surface area contributed by atoms with Gasteiger partial charge in [0.05, 0.1) is 30.4 Å². The summed E-state index contributed by atoms with van der Waals surface area (Å²) in [7, 11) is 1.56. The lowest BCUT2D eigenvalue weighted by Gasteiger charge is -2.26. The minimum Gasteiger partial charge on any atom is -0.507 e. The number of anilines is 1. The number of nitrogens with zero attached hydrogens (tertiary/aromatic N) is 2. The van der Waals surface area contributed by atoms with E-state index in [4.69, 9.17) is 4.74 Å². The Hall–Kier alpha value is -4.37. The number of aliphatic hydroxyl groups is 1. The monoisotopic (exact) mass is 480 g/mol. The Bertz CT molecular complexity index is 1410. The average Bonchev–Trinajstić information content (AvgIpc) is 3.13.